The number of benzene rings is 2. The number of anilines is 1. The Morgan fingerprint density at radius 1 is 1.13 bits per heavy atom. The molecule has 162 valence electrons. The van der Waals surface area contributed by atoms with Crippen LogP contribution in [-0.4, -0.2) is 26.7 Å². The molecule has 1 fully saturated rings. The van der Waals surface area contributed by atoms with E-state index in [2.05, 4.69) is 48.0 Å². The monoisotopic (exact) mass is 408 g/mol. The Morgan fingerprint density at radius 2 is 1.83 bits per heavy atom. The zero-order chi connectivity index (χ0) is 21.5. The summed E-state index contributed by atoms with van der Waals surface area (Å²) in [4.78, 5) is 2.45. The molecule has 30 heavy (non-hydrogen) atoms. The summed E-state index contributed by atoms with van der Waals surface area (Å²) in [6.07, 6.45) is 5.50. The van der Waals surface area contributed by atoms with E-state index < -0.39 is 0 Å². The molecule has 2 unspecified atom stereocenters. The molecule has 1 aliphatic heterocycles. The Morgan fingerprint density at radius 3 is 2.43 bits per heavy atom. The van der Waals surface area contributed by atoms with Gasteiger partial charge in [-0.25, -0.2) is 4.39 Å². The molecule has 1 heterocycles. The second kappa shape index (κ2) is 10.8. The van der Waals surface area contributed by atoms with Gasteiger partial charge in [0.15, 0.2) is 0 Å². The zero-order valence-electron chi connectivity index (χ0n) is 18.9. The van der Waals surface area contributed by atoms with Gasteiger partial charge in [-0.15, -0.1) is 0 Å². The highest BCUT2D eigenvalue weighted by atomic mass is 19.1. The van der Waals surface area contributed by atoms with Crippen molar-refractivity contribution in [1.29, 1.82) is 0 Å². The van der Waals surface area contributed by atoms with Crippen LogP contribution >= 0.6 is 0 Å². The first-order chi connectivity index (χ1) is 14.6. The second-order valence-electron chi connectivity index (χ2n) is 8.60. The molecule has 1 saturated heterocycles. The summed E-state index contributed by atoms with van der Waals surface area (Å²) < 4.78 is 15.2. The smallest absolute Gasteiger partial charge is 0.127 e. The van der Waals surface area contributed by atoms with Crippen LogP contribution in [0.5, 0.6) is 0 Å². The topological polar surface area (TPSA) is 15.3 Å². The molecule has 0 spiro atoms. The van der Waals surface area contributed by atoms with E-state index in [4.69, 9.17) is 0 Å². The van der Waals surface area contributed by atoms with Crippen LogP contribution in [0.4, 0.5) is 10.1 Å². The fourth-order valence-corrected chi connectivity index (χ4v) is 4.87. The number of rotatable bonds is 10. The van der Waals surface area contributed by atoms with Crippen molar-refractivity contribution in [2.75, 3.05) is 31.6 Å². The predicted octanol–water partition coefficient (Wildman–Crippen LogP) is 6.45. The van der Waals surface area contributed by atoms with E-state index in [0.29, 0.717) is 0 Å². The van der Waals surface area contributed by atoms with Gasteiger partial charge in [-0.1, -0.05) is 43.3 Å². The SMILES string of the molecule is C=C(CC)C(CCCNC)C(c1ccc(N2CCCC2)cc1)c1c(C)cccc1F. The number of halogens is 1. The molecule has 3 rings (SSSR count). The van der Waals surface area contributed by atoms with Crippen LogP contribution in [-0.2, 0) is 0 Å². The van der Waals surface area contributed by atoms with Crippen molar-refractivity contribution in [2.24, 2.45) is 5.92 Å². The standard InChI is InChI=1S/C27H37FN2/c1-5-20(2)24(11-9-17-29-4)27(26-21(3)10-8-12-25(26)28)22-13-15-23(16-14-22)30-18-6-7-19-30/h8,10,12-16,24,27,29H,2,5-7,9,11,17-19H2,1,3-4H3. The highest BCUT2D eigenvalue weighted by Gasteiger charge is 2.30. The average molecular weight is 409 g/mol. The van der Waals surface area contributed by atoms with Gasteiger partial charge in [-0.05, 0) is 93.4 Å². The number of nitrogens with one attached hydrogen (secondary N) is 1. The minimum Gasteiger partial charge on any atom is -0.372 e. The molecule has 2 aromatic carbocycles. The van der Waals surface area contributed by atoms with Gasteiger partial charge in [-0.3, -0.25) is 0 Å². The fourth-order valence-electron chi connectivity index (χ4n) is 4.87. The van der Waals surface area contributed by atoms with Gasteiger partial charge in [0.1, 0.15) is 5.82 Å². The largest absolute Gasteiger partial charge is 0.372 e. The average Bonchev–Trinajstić information content (AvgIpc) is 3.29. The quantitative estimate of drug-likeness (QED) is 0.359. The highest BCUT2D eigenvalue weighted by Crippen LogP contribution is 2.42. The van der Waals surface area contributed by atoms with Crippen molar-refractivity contribution < 1.29 is 4.39 Å². The summed E-state index contributed by atoms with van der Waals surface area (Å²) in [5.74, 6) is 0.103. The molecule has 0 aliphatic carbocycles. The van der Waals surface area contributed by atoms with Crippen LogP contribution in [0, 0.1) is 18.7 Å². The third-order valence-corrected chi connectivity index (χ3v) is 6.63. The van der Waals surface area contributed by atoms with Gasteiger partial charge < -0.3 is 10.2 Å². The van der Waals surface area contributed by atoms with Crippen LogP contribution in [0.2, 0.25) is 0 Å². The highest BCUT2D eigenvalue weighted by molar-refractivity contribution is 5.51. The lowest BCUT2D eigenvalue weighted by atomic mass is 9.73. The van der Waals surface area contributed by atoms with Crippen LogP contribution < -0.4 is 10.2 Å². The summed E-state index contributed by atoms with van der Waals surface area (Å²) in [6, 6.07) is 14.3. The molecule has 2 atom stereocenters. The lowest BCUT2D eigenvalue weighted by Crippen LogP contribution is -2.21. The fraction of sp³-hybridized carbons (Fsp3) is 0.481. The molecule has 3 heteroatoms. The first-order valence-corrected chi connectivity index (χ1v) is 11.5. The van der Waals surface area contributed by atoms with Gasteiger partial charge in [0, 0.05) is 24.7 Å². The lowest BCUT2D eigenvalue weighted by molar-refractivity contribution is 0.452. The molecule has 1 aliphatic rings. The summed E-state index contributed by atoms with van der Waals surface area (Å²) in [6.45, 7) is 11.8. The normalized spacial score (nSPS) is 15.9. The van der Waals surface area contributed by atoms with Crippen molar-refractivity contribution >= 4 is 5.69 Å². The van der Waals surface area contributed by atoms with Crippen molar-refractivity contribution in [1.82, 2.24) is 5.32 Å². The maximum Gasteiger partial charge on any atom is 0.127 e. The van der Waals surface area contributed by atoms with Crippen LogP contribution in [0.15, 0.2) is 54.6 Å². The van der Waals surface area contributed by atoms with Crippen molar-refractivity contribution in [3.05, 3.63) is 77.1 Å². The van der Waals surface area contributed by atoms with E-state index in [9.17, 15) is 0 Å². The van der Waals surface area contributed by atoms with Crippen LogP contribution in [0.25, 0.3) is 0 Å². The number of hydrogen-bond donors (Lipinski definition) is 1. The van der Waals surface area contributed by atoms with E-state index in [1.54, 1.807) is 6.07 Å². The third kappa shape index (κ3) is 5.13. The van der Waals surface area contributed by atoms with Gasteiger partial charge >= 0.3 is 0 Å². The van der Waals surface area contributed by atoms with Gasteiger partial charge in [0.2, 0.25) is 0 Å². The van der Waals surface area contributed by atoms with Crippen molar-refractivity contribution in [3.63, 3.8) is 0 Å². The molecular weight excluding hydrogens is 371 g/mol. The maximum atomic E-state index is 15.2. The Hall–Kier alpha value is -2.13. The molecule has 0 aromatic heterocycles. The van der Waals surface area contributed by atoms with Crippen LogP contribution in [0.3, 0.4) is 0 Å². The molecule has 0 saturated carbocycles. The zero-order valence-corrected chi connectivity index (χ0v) is 18.9. The summed E-state index contributed by atoms with van der Waals surface area (Å²) in [5.41, 5.74) is 5.53. The molecule has 1 N–H and O–H groups in total. The Kier molecular flexibility index (Phi) is 8.09. The second-order valence-corrected chi connectivity index (χ2v) is 8.60. The molecule has 0 bridgehead atoms. The first kappa shape index (κ1) is 22.6. The molecule has 0 amide bonds. The third-order valence-electron chi connectivity index (χ3n) is 6.63. The predicted molar refractivity (Wildman–Crippen MR) is 127 cm³/mol. The molecule has 0 radical (unpaired) electrons. The minimum absolute atomic E-state index is 0.0110. The van der Waals surface area contributed by atoms with Gasteiger partial charge in [0.05, 0.1) is 0 Å². The summed E-state index contributed by atoms with van der Waals surface area (Å²) in [5, 5.41) is 3.25. The summed E-state index contributed by atoms with van der Waals surface area (Å²) >= 11 is 0. The first-order valence-electron chi connectivity index (χ1n) is 11.5. The Bertz CT molecular complexity index is 801. The number of nitrogens with zero attached hydrogens (tertiary/aromatic N) is 1. The van der Waals surface area contributed by atoms with Crippen molar-refractivity contribution in [3.8, 4) is 0 Å². The van der Waals surface area contributed by atoms with E-state index >= 15 is 4.39 Å². The van der Waals surface area contributed by atoms with Crippen molar-refractivity contribution in [2.45, 2.75) is 51.9 Å². The van der Waals surface area contributed by atoms with E-state index in [-0.39, 0.29) is 17.7 Å². The number of hydrogen-bond acceptors (Lipinski definition) is 2. The Balaban J connectivity index is 2.03. The summed E-state index contributed by atoms with van der Waals surface area (Å²) in [7, 11) is 1.99. The number of aryl methyl sites for hydroxylation is 1. The molecule has 2 aromatic rings. The maximum absolute atomic E-state index is 15.2. The van der Waals surface area contributed by atoms with Gasteiger partial charge in [-0.2, -0.15) is 0 Å². The van der Waals surface area contributed by atoms with Crippen LogP contribution in [0.1, 0.15) is 61.6 Å². The van der Waals surface area contributed by atoms with E-state index in [1.165, 1.54) is 29.7 Å². The molecule has 2 nitrogen and oxygen atoms in total. The van der Waals surface area contributed by atoms with E-state index in [0.717, 1.165) is 50.0 Å². The molecular formula is C27H37FN2. The lowest BCUT2D eigenvalue weighted by Gasteiger charge is -2.31. The van der Waals surface area contributed by atoms with Gasteiger partial charge in [0.25, 0.3) is 0 Å². The Labute approximate surface area is 182 Å². The van der Waals surface area contributed by atoms with E-state index in [1.807, 2.05) is 26.1 Å². The minimum atomic E-state index is -0.105. The number of allylic oxidation sites excluding steroid dienone is 1.